The maximum absolute atomic E-state index is 13.5. The van der Waals surface area contributed by atoms with Gasteiger partial charge in [0.05, 0.1) is 5.56 Å². The normalized spacial score (nSPS) is 10.3. The fourth-order valence-corrected chi connectivity index (χ4v) is 1.93. The second-order valence-electron chi connectivity index (χ2n) is 4.39. The first-order valence-electron chi connectivity index (χ1n) is 5.94. The number of carbonyl (C=O) groups is 1. The average Bonchev–Trinajstić information content (AvgIpc) is 2.37. The Morgan fingerprint density at radius 1 is 1.30 bits per heavy atom. The molecule has 0 aliphatic rings. The highest BCUT2D eigenvalue weighted by Crippen LogP contribution is 2.17. The van der Waals surface area contributed by atoms with Crippen molar-refractivity contribution in [1.82, 2.24) is 0 Å². The number of halogens is 2. The largest absolute Gasteiger partial charge is 0.457 e. The minimum Gasteiger partial charge on any atom is -0.457 e. The summed E-state index contributed by atoms with van der Waals surface area (Å²) in [5.74, 6) is -1.02. The molecule has 2 rings (SSSR count). The summed E-state index contributed by atoms with van der Waals surface area (Å²) in [5, 5.41) is 0.298. The number of anilines is 1. The lowest BCUT2D eigenvalue weighted by atomic mass is 10.1. The summed E-state index contributed by atoms with van der Waals surface area (Å²) >= 11 is 5.65. The van der Waals surface area contributed by atoms with Crippen molar-refractivity contribution in [2.75, 3.05) is 5.73 Å². The number of hydrogen-bond acceptors (Lipinski definition) is 3. The molecule has 2 aromatic rings. The van der Waals surface area contributed by atoms with Crippen LogP contribution in [0.4, 0.5) is 10.1 Å². The van der Waals surface area contributed by atoms with Gasteiger partial charge in [-0.3, -0.25) is 0 Å². The van der Waals surface area contributed by atoms with Crippen molar-refractivity contribution in [3.05, 3.63) is 63.9 Å². The molecule has 0 aromatic heterocycles. The highest BCUT2D eigenvalue weighted by atomic mass is 35.5. The molecule has 20 heavy (non-hydrogen) atoms. The Bertz CT molecular complexity index is 658. The van der Waals surface area contributed by atoms with E-state index in [2.05, 4.69) is 0 Å². The van der Waals surface area contributed by atoms with Gasteiger partial charge in [0.1, 0.15) is 12.4 Å². The lowest BCUT2D eigenvalue weighted by Gasteiger charge is -2.08. The number of hydrogen-bond donors (Lipinski definition) is 1. The minimum atomic E-state index is -0.517. The predicted octanol–water partition coefficient (Wildman–Crippen LogP) is 3.73. The molecule has 0 spiro atoms. The van der Waals surface area contributed by atoms with Crippen molar-refractivity contribution in [2.24, 2.45) is 0 Å². The van der Waals surface area contributed by atoms with Crippen LogP contribution in [-0.2, 0) is 11.3 Å². The Morgan fingerprint density at radius 3 is 2.70 bits per heavy atom. The van der Waals surface area contributed by atoms with Crippen LogP contribution in [-0.4, -0.2) is 5.97 Å². The first-order chi connectivity index (χ1) is 9.47. The summed E-state index contributed by atoms with van der Waals surface area (Å²) in [6, 6.07) is 9.10. The summed E-state index contributed by atoms with van der Waals surface area (Å²) in [5.41, 5.74) is 7.58. The van der Waals surface area contributed by atoms with E-state index in [0.29, 0.717) is 21.8 Å². The summed E-state index contributed by atoms with van der Waals surface area (Å²) in [7, 11) is 0. The van der Waals surface area contributed by atoms with Gasteiger partial charge in [0.2, 0.25) is 0 Å². The highest BCUT2D eigenvalue weighted by molar-refractivity contribution is 6.30. The zero-order chi connectivity index (χ0) is 14.7. The Hall–Kier alpha value is -2.07. The van der Waals surface area contributed by atoms with Crippen LogP contribution >= 0.6 is 11.6 Å². The van der Waals surface area contributed by atoms with Gasteiger partial charge in [-0.25, -0.2) is 9.18 Å². The van der Waals surface area contributed by atoms with Crippen molar-refractivity contribution in [3.63, 3.8) is 0 Å². The lowest BCUT2D eigenvalue weighted by molar-refractivity contribution is 0.0468. The smallest absolute Gasteiger partial charge is 0.338 e. The minimum absolute atomic E-state index is 0.147. The maximum Gasteiger partial charge on any atom is 0.338 e. The molecule has 0 aliphatic carbocycles. The number of carbonyl (C=O) groups excluding carboxylic acids is 1. The SMILES string of the molecule is Cc1cc(N)ccc1C(=O)OCc1ccc(Cl)cc1F. The van der Waals surface area contributed by atoms with Crippen LogP contribution in [0.3, 0.4) is 0 Å². The number of nitrogen functional groups attached to an aromatic ring is 1. The molecule has 0 aliphatic heterocycles. The molecule has 104 valence electrons. The third kappa shape index (κ3) is 3.27. The van der Waals surface area contributed by atoms with E-state index in [1.54, 1.807) is 31.2 Å². The number of aryl methyl sites for hydroxylation is 1. The average molecular weight is 294 g/mol. The molecule has 0 bridgehead atoms. The fourth-order valence-electron chi connectivity index (χ4n) is 1.78. The molecular formula is C15H13ClFNO2. The number of esters is 1. The summed E-state index contributed by atoms with van der Waals surface area (Å²) < 4.78 is 18.6. The van der Waals surface area contributed by atoms with E-state index in [9.17, 15) is 9.18 Å². The summed E-state index contributed by atoms with van der Waals surface area (Å²) in [6.07, 6.45) is 0. The van der Waals surface area contributed by atoms with E-state index < -0.39 is 11.8 Å². The lowest BCUT2D eigenvalue weighted by Crippen LogP contribution is -2.08. The van der Waals surface area contributed by atoms with E-state index >= 15 is 0 Å². The Balaban J connectivity index is 2.08. The molecule has 2 aromatic carbocycles. The van der Waals surface area contributed by atoms with Gasteiger partial charge in [0.15, 0.2) is 0 Å². The van der Waals surface area contributed by atoms with E-state index in [-0.39, 0.29) is 12.2 Å². The first-order valence-corrected chi connectivity index (χ1v) is 6.32. The van der Waals surface area contributed by atoms with Gasteiger partial charge in [0.25, 0.3) is 0 Å². The van der Waals surface area contributed by atoms with Crippen molar-refractivity contribution in [3.8, 4) is 0 Å². The molecule has 0 atom stereocenters. The maximum atomic E-state index is 13.5. The number of rotatable bonds is 3. The third-order valence-electron chi connectivity index (χ3n) is 2.84. The zero-order valence-corrected chi connectivity index (χ0v) is 11.6. The molecule has 3 nitrogen and oxygen atoms in total. The van der Waals surface area contributed by atoms with Gasteiger partial charge in [-0.05, 0) is 42.8 Å². The van der Waals surface area contributed by atoms with Crippen LogP contribution in [0.15, 0.2) is 36.4 Å². The van der Waals surface area contributed by atoms with Crippen LogP contribution in [0, 0.1) is 12.7 Å². The predicted molar refractivity (Wildman–Crippen MR) is 76.1 cm³/mol. The number of benzene rings is 2. The molecule has 0 amide bonds. The topological polar surface area (TPSA) is 52.3 Å². The van der Waals surface area contributed by atoms with E-state index in [1.165, 1.54) is 12.1 Å². The van der Waals surface area contributed by atoms with E-state index in [4.69, 9.17) is 22.1 Å². The summed E-state index contributed by atoms with van der Waals surface area (Å²) in [4.78, 5) is 11.9. The zero-order valence-electron chi connectivity index (χ0n) is 10.8. The summed E-state index contributed by atoms with van der Waals surface area (Å²) in [6.45, 7) is 1.61. The molecule has 0 saturated heterocycles. The first kappa shape index (κ1) is 14.3. The van der Waals surface area contributed by atoms with Crippen molar-refractivity contribution in [2.45, 2.75) is 13.5 Å². The Labute approximate surface area is 121 Å². The quantitative estimate of drug-likeness (QED) is 0.693. The molecule has 0 saturated carbocycles. The number of nitrogens with two attached hydrogens (primary N) is 1. The van der Waals surface area contributed by atoms with Gasteiger partial charge < -0.3 is 10.5 Å². The van der Waals surface area contributed by atoms with Crippen LogP contribution in [0.25, 0.3) is 0 Å². The molecule has 0 unspecified atom stereocenters. The Morgan fingerprint density at radius 2 is 2.05 bits per heavy atom. The van der Waals surface area contributed by atoms with Crippen LogP contribution < -0.4 is 5.73 Å². The second-order valence-corrected chi connectivity index (χ2v) is 4.82. The molecule has 0 radical (unpaired) electrons. The van der Waals surface area contributed by atoms with Gasteiger partial charge in [0, 0.05) is 16.3 Å². The Kier molecular flexibility index (Phi) is 4.25. The van der Waals surface area contributed by atoms with Gasteiger partial charge in [-0.15, -0.1) is 0 Å². The van der Waals surface area contributed by atoms with Crippen molar-refractivity contribution in [1.29, 1.82) is 0 Å². The van der Waals surface area contributed by atoms with Crippen molar-refractivity contribution < 1.29 is 13.9 Å². The second kappa shape index (κ2) is 5.92. The highest BCUT2D eigenvalue weighted by Gasteiger charge is 2.12. The van der Waals surface area contributed by atoms with E-state index in [1.807, 2.05) is 0 Å². The van der Waals surface area contributed by atoms with Gasteiger partial charge in [-0.1, -0.05) is 17.7 Å². The third-order valence-corrected chi connectivity index (χ3v) is 3.08. The van der Waals surface area contributed by atoms with E-state index in [0.717, 1.165) is 0 Å². The molecular weight excluding hydrogens is 281 g/mol. The molecule has 0 heterocycles. The standard InChI is InChI=1S/C15H13ClFNO2/c1-9-6-12(18)4-5-13(9)15(19)20-8-10-2-3-11(16)7-14(10)17/h2-7H,8,18H2,1H3. The molecule has 2 N–H and O–H groups in total. The fraction of sp³-hybridized carbons (Fsp3) is 0.133. The van der Waals surface area contributed by atoms with Crippen molar-refractivity contribution >= 4 is 23.3 Å². The molecule has 5 heteroatoms. The van der Waals surface area contributed by atoms with Gasteiger partial charge >= 0.3 is 5.97 Å². The van der Waals surface area contributed by atoms with Gasteiger partial charge in [-0.2, -0.15) is 0 Å². The molecule has 0 fully saturated rings. The van der Waals surface area contributed by atoms with Crippen LogP contribution in [0.2, 0.25) is 5.02 Å². The number of ether oxygens (including phenoxy) is 1. The van der Waals surface area contributed by atoms with Crippen LogP contribution in [0.1, 0.15) is 21.5 Å². The van der Waals surface area contributed by atoms with Crippen LogP contribution in [0.5, 0.6) is 0 Å². The monoisotopic (exact) mass is 293 g/mol.